The van der Waals surface area contributed by atoms with E-state index in [-0.39, 0.29) is 6.04 Å². The van der Waals surface area contributed by atoms with E-state index in [9.17, 15) is 0 Å². The van der Waals surface area contributed by atoms with Crippen LogP contribution in [-0.4, -0.2) is 16.3 Å². The summed E-state index contributed by atoms with van der Waals surface area (Å²) < 4.78 is 1.80. The summed E-state index contributed by atoms with van der Waals surface area (Å²) in [5.74, 6) is 0. The lowest BCUT2D eigenvalue weighted by molar-refractivity contribution is 0.577. The van der Waals surface area contributed by atoms with Crippen LogP contribution in [0.5, 0.6) is 0 Å². The average Bonchev–Trinajstić information content (AvgIpc) is 2.82. The molecule has 2 rings (SSSR count). The quantitative estimate of drug-likeness (QED) is 0.829. The van der Waals surface area contributed by atoms with Gasteiger partial charge < -0.3 is 5.32 Å². The Balaban J connectivity index is 1.95. The minimum Gasteiger partial charge on any atom is -0.310 e. The van der Waals surface area contributed by atoms with Gasteiger partial charge in [-0.3, -0.25) is 4.68 Å². The molecule has 0 bridgehead atoms. The second-order valence-electron chi connectivity index (χ2n) is 4.71. The van der Waals surface area contributed by atoms with Gasteiger partial charge >= 0.3 is 0 Å². The monoisotopic (exact) mass is 331 g/mol. The highest BCUT2D eigenvalue weighted by atomic mass is 35.5. The van der Waals surface area contributed by atoms with Crippen LogP contribution < -0.4 is 5.32 Å². The Hall–Kier alpha value is -0.740. The van der Waals surface area contributed by atoms with Gasteiger partial charge in [-0.1, -0.05) is 40.9 Å². The fraction of sp³-hybridized carbons (Fsp3) is 0.357. The zero-order valence-electron chi connectivity index (χ0n) is 11.3. The van der Waals surface area contributed by atoms with Crippen molar-refractivity contribution in [1.82, 2.24) is 15.1 Å². The first-order chi connectivity index (χ1) is 9.49. The standard InChI is InChI=1S/C14H16Cl3N3/c1-9(11-3-4-12(15)14(17)13(11)16)18-6-5-10-7-19-20(2)8-10/h3-4,7-9,18H,5-6H2,1-2H3. The van der Waals surface area contributed by atoms with Crippen LogP contribution in [0.2, 0.25) is 15.1 Å². The van der Waals surface area contributed by atoms with Gasteiger partial charge in [0.05, 0.1) is 21.3 Å². The zero-order valence-corrected chi connectivity index (χ0v) is 13.6. The van der Waals surface area contributed by atoms with Gasteiger partial charge in [0, 0.05) is 19.3 Å². The van der Waals surface area contributed by atoms with Crippen molar-refractivity contribution < 1.29 is 0 Å². The summed E-state index contributed by atoms with van der Waals surface area (Å²) in [6, 6.07) is 3.77. The number of nitrogens with one attached hydrogen (secondary N) is 1. The van der Waals surface area contributed by atoms with E-state index in [0.717, 1.165) is 18.5 Å². The van der Waals surface area contributed by atoms with Gasteiger partial charge in [-0.15, -0.1) is 0 Å². The van der Waals surface area contributed by atoms with Gasteiger partial charge in [0.15, 0.2) is 0 Å². The lowest BCUT2D eigenvalue weighted by Gasteiger charge is -2.16. The molecule has 6 heteroatoms. The van der Waals surface area contributed by atoms with E-state index in [2.05, 4.69) is 17.3 Å². The predicted molar refractivity (Wildman–Crippen MR) is 84.8 cm³/mol. The number of hydrogen-bond donors (Lipinski definition) is 1. The molecule has 0 spiro atoms. The summed E-state index contributed by atoms with van der Waals surface area (Å²) in [4.78, 5) is 0. The Kier molecular flexibility index (Phi) is 5.33. The lowest BCUT2D eigenvalue weighted by atomic mass is 10.1. The molecule has 0 aliphatic heterocycles. The molecule has 1 unspecified atom stereocenters. The van der Waals surface area contributed by atoms with Crippen LogP contribution >= 0.6 is 34.8 Å². The first kappa shape index (κ1) is 15.6. The molecule has 1 atom stereocenters. The number of hydrogen-bond acceptors (Lipinski definition) is 2. The van der Waals surface area contributed by atoms with Crippen LogP contribution in [0.1, 0.15) is 24.1 Å². The normalized spacial score (nSPS) is 12.7. The van der Waals surface area contributed by atoms with Crippen LogP contribution in [0, 0.1) is 0 Å². The highest BCUT2D eigenvalue weighted by molar-refractivity contribution is 6.48. The van der Waals surface area contributed by atoms with E-state index in [0.29, 0.717) is 15.1 Å². The number of nitrogens with zero attached hydrogens (tertiary/aromatic N) is 2. The fourth-order valence-electron chi connectivity index (χ4n) is 2.02. The summed E-state index contributed by atoms with van der Waals surface area (Å²) in [6.45, 7) is 2.89. The molecule has 2 aromatic rings. The number of rotatable bonds is 5. The maximum atomic E-state index is 6.22. The van der Waals surface area contributed by atoms with Gasteiger partial charge in [-0.05, 0) is 37.1 Å². The molecular weight excluding hydrogens is 317 g/mol. The zero-order chi connectivity index (χ0) is 14.7. The molecule has 0 aliphatic carbocycles. The van der Waals surface area contributed by atoms with Crippen molar-refractivity contribution in [2.45, 2.75) is 19.4 Å². The van der Waals surface area contributed by atoms with Crippen molar-refractivity contribution in [2.75, 3.05) is 6.54 Å². The minimum absolute atomic E-state index is 0.105. The molecule has 0 amide bonds. The molecule has 1 aromatic heterocycles. The van der Waals surface area contributed by atoms with E-state index in [4.69, 9.17) is 34.8 Å². The van der Waals surface area contributed by atoms with Crippen LogP contribution in [0.15, 0.2) is 24.5 Å². The van der Waals surface area contributed by atoms with Crippen LogP contribution in [0.3, 0.4) is 0 Å². The van der Waals surface area contributed by atoms with Gasteiger partial charge in [0.2, 0.25) is 0 Å². The van der Waals surface area contributed by atoms with Crippen molar-refractivity contribution in [3.05, 3.63) is 50.7 Å². The topological polar surface area (TPSA) is 29.9 Å². The molecular formula is C14H16Cl3N3. The van der Waals surface area contributed by atoms with Crippen molar-refractivity contribution in [2.24, 2.45) is 7.05 Å². The summed E-state index contributed by atoms with van der Waals surface area (Å²) in [5.41, 5.74) is 2.15. The van der Waals surface area contributed by atoms with E-state index in [1.54, 1.807) is 10.7 Å². The molecule has 1 heterocycles. The Labute approximate surface area is 133 Å². The molecule has 0 saturated carbocycles. The Bertz CT molecular complexity index is 595. The Morgan fingerprint density at radius 2 is 2.00 bits per heavy atom. The molecule has 0 aliphatic rings. The highest BCUT2D eigenvalue weighted by Crippen LogP contribution is 2.35. The van der Waals surface area contributed by atoms with E-state index >= 15 is 0 Å². The summed E-state index contributed by atoms with van der Waals surface area (Å²) >= 11 is 18.2. The molecule has 0 radical (unpaired) electrons. The minimum atomic E-state index is 0.105. The maximum absolute atomic E-state index is 6.22. The molecule has 0 fully saturated rings. The van der Waals surface area contributed by atoms with E-state index < -0.39 is 0 Å². The van der Waals surface area contributed by atoms with Crippen molar-refractivity contribution in [1.29, 1.82) is 0 Å². The third-order valence-electron chi connectivity index (χ3n) is 3.15. The Morgan fingerprint density at radius 3 is 2.65 bits per heavy atom. The SMILES string of the molecule is CC(NCCc1cnn(C)c1)c1ccc(Cl)c(Cl)c1Cl. The number of aromatic nitrogens is 2. The molecule has 3 nitrogen and oxygen atoms in total. The smallest absolute Gasteiger partial charge is 0.0781 e. The molecule has 20 heavy (non-hydrogen) atoms. The van der Waals surface area contributed by atoms with E-state index in [1.807, 2.05) is 25.5 Å². The number of aryl methyl sites for hydroxylation is 1. The first-order valence-corrected chi connectivity index (χ1v) is 7.46. The van der Waals surface area contributed by atoms with Crippen molar-refractivity contribution >= 4 is 34.8 Å². The summed E-state index contributed by atoms with van der Waals surface area (Å²) in [7, 11) is 1.91. The number of halogens is 3. The largest absolute Gasteiger partial charge is 0.310 e. The summed E-state index contributed by atoms with van der Waals surface area (Å²) in [5, 5.41) is 8.96. The van der Waals surface area contributed by atoms with Gasteiger partial charge in [-0.2, -0.15) is 5.10 Å². The van der Waals surface area contributed by atoms with E-state index in [1.165, 1.54) is 5.56 Å². The van der Waals surface area contributed by atoms with Crippen LogP contribution in [-0.2, 0) is 13.5 Å². The predicted octanol–water partition coefficient (Wildman–Crippen LogP) is 4.27. The molecule has 108 valence electrons. The molecule has 1 aromatic carbocycles. The van der Waals surface area contributed by atoms with Gasteiger partial charge in [0.1, 0.15) is 0 Å². The third-order valence-corrected chi connectivity index (χ3v) is 4.46. The number of benzene rings is 1. The summed E-state index contributed by atoms with van der Waals surface area (Å²) in [6.07, 6.45) is 4.80. The maximum Gasteiger partial charge on any atom is 0.0781 e. The molecule has 1 N–H and O–H groups in total. The van der Waals surface area contributed by atoms with Gasteiger partial charge in [-0.25, -0.2) is 0 Å². The lowest BCUT2D eigenvalue weighted by Crippen LogP contribution is -2.21. The Morgan fingerprint density at radius 1 is 1.25 bits per heavy atom. The van der Waals surface area contributed by atoms with Crippen LogP contribution in [0.4, 0.5) is 0 Å². The van der Waals surface area contributed by atoms with Gasteiger partial charge in [0.25, 0.3) is 0 Å². The van der Waals surface area contributed by atoms with Crippen molar-refractivity contribution in [3.63, 3.8) is 0 Å². The van der Waals surface area contributed by atoms with Crippen LogP contribution in [0.25, 0.3) is 0 Å². The third kappa shape index (κ3) is 3.67. The average molecular weight is 333 g/mol. The van der Waals surface area contributed by atoms with Crippen molar-refractivity contribution in [3.8, 4) is 0 Å². The fourth-order valence-corrected chi connectivity index (χ4v) is 2.73. The second kappa shape index (κ2) is 6.81. The first-order valence-electron chi connectivity index (χ1n) is 6.33. The highest BCUT2D eigenvalue weighted by Gasteiger charge is 2.13. The molecule has 0 saturated heterocycles. The second-order valence-corrected chi connectivity index (χ2v) is 5.88.